The first-order chi connectivity index (χ1) is 10.9. The zero-order valence-corrected chi connectivity index (χ0v) is 13.9. The lowest BCUT2D eigenvalue weighted by molar-refractivity contribution is -0.138. The van der Waals surface area contributed by atoms with Gasteiger partial charge in [-0.2, -0.15) is 0 Å². The number of carbonyl (C=O) groups excluding carboxylic acids is 1. The minimum absolute atomic E-state index is 0.0555. The molecule has 23 heavy (non-hydrogen) atoms. The van der Waals surface area contributed by atoms with E-state index in [0.717, 1.165) is 25.9 Å². The number of carboxylic acid groups (broad SMARTS) is 1. The van der Waals surface area contributed by atoms with E-state index in [2.05, 4.69) is 10.2 Å². The number of carboxylic acids is 1. The number of likely N-dealkylation sites (tertiary alicyclic amines) is 1. The van der Waals surface area contributed by atoms with E-state index in [0.29, 0.717) is 17.3 Å². The molecule has 0 unspecified atom stereocenters. The second-order valence-corrected chi connectivity index (χ2v) is 6.31. The smallest absolute Gasteiger partial charge is 0.317 e. The molecule has 1 fully saturated rings. The van der Waals surface area contributed by atoms with Crippen LogP contribution in [0.2, 0.25) is 5.02 Å². The van der Waals surface area contributed by atoms with Crippen LogP contribution in [0.1, 0.15) is 12.8 Å². The lowest BCUT2D eigenvalue weighted by Gasteiger charge is -2.35. The average molecular weight is 340 g/mol. The number of rotatable bonds is 6. The summed E-state index contributed by atoms with van der Waals surface area (Å²) in [6.07, 6.45) is 1.74. The summed E-state index contributed by atoms with van der Waals surface area (Å²) in [5, 5.41) is 12.3. The van der Waals surface area contributed by atoms with Crippen LogP contribution in [0, 0.1) is 0 Å². The lowest BCUT2D eigenvalue weighted by atomic mass is 10.0. The molecule has 1 amide bonds. The van der Waals surface area contributed by atoms with Crippen LogP contribution < -0.4 is 5.32 Å². The van der Waals surface area contributed by atoms with Crippen LogP contribution in [0.5, 0.6) is 0 Å². The number of hydrogen-bond donors (Lipinski definition) is 2. The number of nitrogens with zero attached hydrogens (tertiary/aromatic N) is 2. The summed E-state index contributed by atoms with van der Waals surface area (Å²) in [5.74, 6) is -0.875. The van der Waals surface area contributed by atoms with Gasteiger partial charge in [-0.05, 0) is 38.1 Å². The van der Waals surface area contributed by atoms with Crippen LogP contribution >= 0.6 is 11.6 Å². The van der Waals surface area contributed by atoms with Crippen LogP contribution in [-0.4, -0.2) is 66.1 Å². The maximum atomic E-state index is 12.1. The van der Waals surface area contributed by atoms with Crippen molar-refractivity contribution < 1.29 is 14.7 Å². The summed E-state index contributed by atoms with van der Waals surface area (Å²) in [7, 11) is 1.83. The molecular formula is C16H22ClN3O3. The molecule has 0 aromatic heterocycles. The van der Waals surface area contributed by atoms with Gasteiger partial charge in [-0.25, -0.2) is 0 Å². The first kappa shape index (κ1) is 17.7. The highest BCUT2D eigenvalue weighted by atomic mass is 35.5. The molecule has 0 aliphatic carbocycles. The van der Waals surface area contributed by atoms with Crippen molar-refractivity contribution in [1.82, 2.24) is 9.80 Å². The minimum atomic E-state index is -0.809. The Morgan fingerprint density at radius 3 is 2.70 bits per heavy atom. The Bertz CT molecular complexity index is 559. The van der Waals surface area contributed by atoms with E-state index in [1.165, 1.54) is 0 Å². The Morgan fingerprint density at radius 1 is 1.39 bits per heavy atom. The van der Waals surface area contributed by atoms with Crippen molar-refractivity contribution in [3.05, 3.63) is 29.3 Å². The zero-order chi connectivity index (χ0) is 16.8. The van der Waals surface area contributed by atoms with Gasteiger partial charge in [0.25, 0.3) is 0 Å². The molecule has 2 N–H and O–H groups in total. The standard InChI is InChI=1S/C16H22ClN3O3/c1-19(11-16(22)23)14-5-7-20(8-6-14)10-15(21)18-13-4-2-3-12(17)9-13/h2-4,9,14H,5-8,10-11H2,1H3,(H,18,21)(H,22,23). The van der Waals surface area contributed by atoms with Gasteiger partial charge in [0.2, 0.25) is 5.91 Å². The molecule has 1 aromatic carbocycles. The van der Waals surface area contributed by atoms with Gasteiger partial charge in [-0.3, -0.25) is 19.4 Å². The number of anilines is 1. The predicted octanol–water partition coefficient (Wildman–Crippen LogP) is 1.76. The first-order valence-electron chi connectivity index (χ1n) is 7.64. The van der Waals surface area contributed by atoms with Crippen LogP contribution in [0.15, 0.2) is 24.3 Å². The van der Waals surface area contributed by atoms with Gasteiger partial charge in [0, 0.05) is 29.8 Å². The third-order valence-corrected chi connectivity index (χ3v) is 4.28. The highest BCUT2D eigenvalue weighted by Crippen LogP contribution is 2.17. The Kier molecular flexibility index (Phi) is 6.38. The summed E-state index contributed by atoms with van der Waals surface area (Å²) in [4.78, 5) is 26.8. The summed E-state index contributed by atoms with van der Waals surface area (Å²) in [5.41, 5.74) is 0.693. The second kappa shape index (κ2) is 8.29. The highest BCUT2D eigenvalue weighted by molar-refractivity contribution is 6.30. The number of piperidine rings is 1. The largest absolute Gasteiger partial charge is 0.480 e. The van der Waals surface area contributed by atoms with Crippen molar-refractivity contribution in [1.29, 1.82) is 0 Å². The molecule has 1 heterocycles. The molecule has 1 aliphatic rings. The van der Waals surface area contributed by atoms with E-state index < -0.39 is 5.97 Å². The second-order valence-electron chi connectivity index (χ2n) is 5.87. The van der Waals surface area contributed by atoms with E-state index in [1.54, 1.807) is 24.3 Å². The van der Waals surface area contributed by atoms with Crippen molar-refractivity contribution in [2.45, 2.75) is 18.9 Å². The van der Waals surface area contributed by atoms with Gasteiger partial charge in [-0.15, -0.1) is 0 Å². The molecular weight excluding hydrogens is 318 g/mol. The number of halogens is 1. The molecule has 1 aliphatic heterocycles. The number of nitrogens with one attached hydrogen (secondary N) is 1. The fourth-order valence-electron chi connectivity index (χ4n) is 2.83. The maximum Gasteiger partial charge on any atom is 0.317 e. The molecule has 2 rings (SSSR count). The molecule has 1 saturated heterocycles. The summed E-state index contributed by atoms with van der Waals surface area (Å²) in [6.45, 7) is 1.97. The Hall–Kier alpha value is -1.63. The van der Waals surface area contributed by atoms with Crippen molar-refractivity contribution >= 4 is 29.2 Å². The van der Waals surface area contributed by atoms with E-state index in [-0.39, 0.29) is 18.5 Å². The van der Waals surface area contributed by atoms with Crippen LogP contribution in [0.4, 0.5) is 5.69 Å². The van der Waals surface area contributed by atoms with Crippen LogP contribution in [-0.2, 0) is 9.59 Å². The fraction of sp³-hybridized carbons (Fsp3) is 0.500. The van der Waals surface area contributed by atoms with Crippen molar-refractivity contribution in [3.63, 3.8) is 0 Å². The van der Waals surface area contributed by atoms with E-state index in [1.807, 2.05) is 11.9 Å². The van der Waals surface area contributed by atoms with E-state index in [9.17, 15) is 9.59 Å². The highest BCUT2D eigenvalue weighted by Gasteiger charge is 2.24. The number of hydrogen-bond acceptors (Lipinski definition) is 4. The van der Waals surface area contributed by atoms with E-state index >= 15 is 0 Å². The van der Waals surface area contributed by atoms with Gasteiger partial charge in [0.05, 0.1) is 13.1 Å². The summed E-state index contributed by atoms with van der Waals surface area (Å²) in [6, 6.07) is 7.33. The topological polar surface area (TPSA) is 72.9 Å². The molecule has 0 atom stereocenters. The quantitative estimate of drug-likeness (QED) is 0.826. The van der Waals surface area contributed by atoms with Gasteiger partial charge < -0.3 is 10.4 Å². The molecule has 126 valence electrons. The third kappa shape index (κ3) is 5.82. The lowest BCUT2D eigenvalue weighted by Crippen LogP contribution is -2.46. The number of aliphatic carboxylic acids is 1. The molecule has 0 spiro atoms. The van der Waals surface area contributed by atoms with Gasteiger partial charge in [0.1, 0.15) is 0 Å². The Balaban J connectivity index is 1.75. The van der Waals surface area contributed by atoms with Crippen LogP contribution in [0.25, 0.3) is 0 Å². The number of benzene rings is 1. The normalized spacial score (nSPS) is 16.5. The van der Waals surface area contributed by atoms with Crippen LogP contribution in [0.3, 0.4) is 0 Å². The third-order valence-electron chi connectivity index (χ3n) is 4.04. The van der Waals surface area contributed by atoms with Gasteiger partial charge in [-0.1, -0.05) is 17.7 Å². The fourth-order valence-corrected chi connectivity index (χ4v) is 3.02. The summed E-state index contributed by atoms with van der Waals surface area (Å²) < 4.78 is 0. The van der Waals surface area contributed by atoms with Gasteiger partial charge >= 0.3 is 5.97 Å². The SMILES string of the molecule is CN(CC(=O)O)C1CCN(CC(=O)Nc2cccc(Cl)c2)CC1. The number of amides is 1. The molecule has 6 nitrogen and oxygen atoms in total. The maximum absolute atomic E-state index is 12.1. The molecule has 0 saturated carbocycles. The Morgan fingerprint density at radius 2 is 2.09 bits per heavy atom. The summed E-state index contributed by atoms with van der Waals surface area (Å²) >= 11 is 5.89. The first-order valence-corrected chi connectivity index (χ1v) is 8.01. The van der Waals surface area contributed by atoms with Crippen molar-refractivity contribution in [2.75, 3.05) is 38.5 Å². The predicted molar refractivity (Wildman–Crippen MR) is 89.8 cm³/mol. The van der Waals surface area contributed by atoms with E-state index in [4.69, 9.17) is 16.7 Å². The molecule has 0 radical (unpaired) electrons. The monoisotopic (exact) mass is 339 g/mol. The molecule has 7 heteroatoms. The van der Waals surface area contributed by atoms with Crippen molar-refractivity contribution in [3.8, 4) is 0 Å². The average Bonchev–Trinajstić information content (AvgIpc) is 2.47. The molecule has 1 aromatic rings. The van der Waals surface area contributed by atoms with Gasteiger partial charge in [0.15, 0.2) is 0 Å². The van der Waals surface area contributed by atoms with Crippen molar-refractivity contribution in [2.24, 2.45) is 0 Å². The molecule has 0 bridgehead atoms. The number of likely N-dealkylation sites (N-methyl/N-ethyl adjacent to an activating group) is 1. The minimum Gasteiger partial charge on any atom is -0.480 e. The zero-order valence-electron chi connectivity index (χ0n) is 13.2. The Labute approximate surface area is 141 Å². The number of carbonyl (C=O) groups is 2.